The first kappa shape index (κ1) is 26.8. The highest BCUT2D eigenvalue weighted by Gasteiger charge is 2.40. The van der Waals surface area contributed by atoms with E-state index in [0.29, 0.717) is 32.0 Å². The Hall–Kier alpha value is -2.26. The van der Waals surface area contributed by atoms with Gasteiger partial charge in [0.15, 0.2) is 0 Å². The van der Waals surface area contributed by atoms with Gasteiger partial charge in [-0.25, -0.2) is 14.8 Å². The number of rotatable bonds is 4. The summed E-state index contributed by atoms with van der Waals surface area (Å²) in [6.45, 7) is 8.55. The number of halogens is 3. The number of carbonyl (C=O) groups is 1. The number of likely N-dealkylation sites (tertiary alicyclic amines) is 1. The predicted octanol–water partition coefficient (Wildman–Crippen LogP) is 5.74. The van der Waals surface area contributed by atoms with Crippen LogP contribution in [0.1, 0.15) is 78.0 Å². The molecule has 202 valence electrons. The maximum atomic E-state index is 13.8. The zero-order chi connectivity index (χ0) is 26.1. The lowest BCUT2D eigenvalue weighted by atomic mass is 9.69. The molecule has 2 aliphatic heterocycles. The third kappa shape index (κ3) is 6.54. The molecule has 10 heteroatoms. The average Bonchev–Trinajstić information content (AvgIpc) is 3.26. The van der Waals surface area contributed by atoms with Gasteiger partial charge in [0.1, 0.15) is 17.2 Å². The molecule has 1 aromatic heterocycles. The number of piperidine rings is 1. The van der Waals surface area contributed by atoms with E-state index in [9.17, 15) is 18.0 Å². The van der Waals surface area contributed by atoms with Gasteiger partial charge in [-0.1, -0.05) is 19.3 Å². The zero-order valence-corrected chi connectivity index (χ0v) is 22.0. The van der Waals surface area contributed by atoms with Crippen LogP contribution >= 0.6 is 0 Å². The fraction of sp³-hybridized carbons (Fsp3) is 0.808. The summed E-state index contributed by atoms with van der Waals surface area (Å²) < 4.78 is 46.8. The minimum Gasteiger partial charge on any atom is -0.444 e. The monoisotopic (exact) mass is 511 g/mol. The summed E-state index contributed by atoms with van der Waals surface area (Å²) in [6, 6.07) is 1.71. The van der Waals surface area contributed by atoms with Crippen LogP contribution in [0.3, 0.4) is 0 Å². The van der Waals surface area contributed by atoms with Gasteiger partial charge in [-0.05, 0) is 64.2 Å². The molecule has 1 atom stereocenters. The summed E-state index contributed by atoms with van der Waals surface area (Å²) in [5, 5.41) is 0. The first-order valence-electron chi connectivity index (χ1n) is 13.2. The van der Waals surface area contributed by atoms with E-state index >= 15 is 0 Å². The lowest BCUT2D eigenvalue weighted by molar-refractivity contribution is -0.144. The molecule has 0 bridgehead atoms. The SMILES string of the molecule is CN(CC1CCN(C(=O)OC(C)(C)C)C1)c1cc(N2CCCC3(CCCCC3)C2)nc(C(F)(F)F)n1. The van der Waals surface area contributed by atoms with Crippen LogP contribution in [0.25, 0.3) is 0 Å². The standard InChI is InChI=1S/C26H40F3N5O2/c1-24(2,3)36-23(35)33-14-9-19(17-33)16-32(4)20-15-21(31-22(30-20)26(27,28)29)34-13-8-12-25(18-34)10-6-5-7-11-25/h15,19H,5-14,16-18H2,1-4H3. The van der Waals surface area contributed by atoms with Crippen molar-refractivity contribution in [2.45, 2.75) is 83.9 Å². The van der Waals surface area contributed by atoms with E-state index in [-0.39, 0.29) is 23.2 Å². The Morgan fingerprint density at radius 3 is 2.47 bits per heavy atom. The van der Waals surface area contributed by atoms with Crippen molar-refractivity contribution in [1.29, 1.82) is 0 Å². The number of amides is 1. The summed E-state index contributed by atoms with van der Waals surface area (Å²) in [5.41, 5.74) is -0.372. The summed E-state index contributed by atoms with van der Waals surface area (Å²) in [4.78, 5) is 25.8. The van der Waals surface area contributed by atoms with Crippen LogP contribution in [-0.4, -0.2) is 66.3 Å². The molecule has 1 saturated carbocycles. The van der Waals surface area contributed by atoms with Crippen molar-refractivity contribution in [2.24, 2.45) is 11.3 Å². The fourth-order valence-electron chi connectivity index (χ4n) is 5.97. The van der Waals surface area contributed by atoms with Crippen LogP contribution in [-0.2, 0) is 10.9 Å². The van der Waals surface area contributed by atoms with Gasteiger partial charge in [0, 0.05) is 45.8 Å². The van der Waals surface area contributed by atoms with Crippen LogP contribution < -0.4 is 9.80 Å². The van der Waals surface area contributed by atoms with E-state index in [2.05, 4.69) is 9.97 Å². The summed E-state index contributed by atoms with van der Waals surface area (Å²) in [5.74, 6) is -0.334. The number of alkyl halides is 3. The van der Waals surface area contributed by atoms with Crippen LogP contribution in [0.15, 0.2) is 6.07 Å². The van der Waals surface area contributed by atoms with Crippen molar-refractivity contribution in [3.05, 3.63) is 11.9 Å². The first-order chi connectivity index (χ1) is 16.8. The second-order valence-electron chi connectivity index (χ2n) is 12.0. The lowest BCUT2D eigenvalue weighted by Gasteiger charge is -2.45. The Balaban J connectivity index is 1.48. The van der Waals surface area contributed by atoms with Gasteiger partial charge in [0.05, 0.1) is 0 Å². The van der Waals surface area contributed by atoms with E-state index in [0.717, 1.165) is 38.6 Å². The van der Waals surface area contributed by atoms with Crippen molar-refractivity contribution in [1.82, 2.24) is 14.9 Å². The Bertz CT molecular complexity index is 922. The zero-order valence-electron chi connectivity index (χ0n) is 22.0. The van der Waals surface area contributed by atoms with E-state index in [1.165, 1.54) is 19.3 Å². The van der Waals surface area contributed by atoms with Gasteiger partial charge in [-0.3, -0.25) is 0 Å². The van der Waals surface area contributed by atoms with Crippen molar-refractivity contribution in [3.63, 3.8) is 0 Å². The Kier molecular flexibility index (Phi) is 7.62. The summed E-state index contributed by atoms with van der Waals surface area (Å²) in [7, 11) is 1.77. The van der Waals surface area contributed by atoms with Gasteiger partial charge in [-0.15, -0.1) is 0 Å². The normalized spacial score (nSPS) is 22.7. The number of ether oxygens (including phenoxy) is 1. The number of hydrogen-bond acceptors (Lipinski definition) is 6. The Morgan fingerprint density at radius 1 is 1.11 bits per heavy atom. The molecule has 1 spiro atoms. The highest BCUT2D eigenvalue weighted by Crippen LogP contribution is 2.44. The molecule has 36 heavy (non-hydrogen) atoms. The Labute approximate surface area is 212 Å². The molecule has 2 saturated heterocycles. The minimum atomic E-state index is -4.62. The quantitative estimate of drug-likeness (QED) is 0.514. The van der Waals surface area contributed by atoms with Crippen molar-refractivity contribution in [2.75, 3.05) is 49.6 Å². The Morgan fingerprint density at radius 2 is 1.81 bits per heavy atom. The lowest BCUT2D eigenvalue weighted by Crippen LogP contribution is -2.45. The highest BCUT2D eigenvalue weighted by molar-refractivity contribution is 5.68. The molecule has 7 nitrogen and oxygen atoms in total. The molecular formula is C26H40F3N5O2. The maximum absolute atomic E-state index is 13.8. The maximum Gasteiger partial charge on any atom is 0.451 e. The summed E-state index contributed by atoms with van der Waals surface area (Å²) >= 11 is 0. The van der Waals surface area contributed by atoms with Gasteiger partial charge in [0.2, 0.25) is 5.82 Å². The number of anilines is 2. The third-order valence-electron chi connectivity index (χ3n) is 7.71. The molecule has 3 heterocycles. The van der Waals surface area contributed by atoms with Crippen molar-refractivity contribution < 1.29 is 22.7 Å². The van der Waals surface area contributed by atoms with Crippen LogP contribution in [0.2, 0.25) is 0 Å². The van der Waals surface area contributed by atoms with Gasteiger partial charge in [-0.2, -0.15) is 13.2 Å². The predicted molar refractivity (Wildman–Crippen MR) is 133 cm³/mol. The van der Waals surface area contributed by atoms with Crippen molar-refractivity contribution in [3.8, 4) is 0 Å². The third-order valence-corrected chi connectivity index (χ3v) is 7.71. The smallest absolute Gasteiger partial charge is 0.444 e. The van der Waals surface area contributed by atoms with E-state index in [1.807, 2.05) is 25.7 Å². The molecule has 0 radical (unpaired) electrons. The molecule has 1 unspecified atom stereocenters. The molecule has 1 amide bonds. The second kappa shape index (κ2) is 10.2. The molecule has 1 aliphatic carbocycles. The molecule has 3 aliphatic rings. The first-order valence-corrected chi connectivity index (χ1v) is 13.2. The number of carbonyl (C=O) groups excluding carboxylic acids is 1. The van der Waals surface area contributed by atoms with Gasteiger partial charge < -0.3 is 19.4 Å². The average molecular weight is 512 g/mol. The highest BCUT2D eigenvalue weighted by atomic mass is 19.4. The van der Waals surface area contributed by atoms with Crippen LogP contribution in [0.5, 0.6) is 0 Å². The molecule has 3 fully saturated rings. The molecule has 0 aromatic carbocycles. The van der Waals surface area contributed by atoms with E-state index < -0.39 is 17.6 Å². The second-order valence-corrected chi connectivity index (χ2v) is 12.0. The minimum absolute atomic E-state index is 0.121. The molecule has 4 rings (SSSR count). The van der Waals surface area contributed by atoms with Crippen molar-refractivity contribution >= 4 is 17.7 Å². The molecule has 0 N–H and O–H groups in total. The van der Waals surface area contributed by atoms with Crippen LogP contribution in [0, 0.1) is 11.3 Å². The molecule has 1 aromatic rings. The fourth-order valence-corrected chi connectivity index (χ4v) is 5.97. The van der Waals surface area contributed by atoms with E-state index in [1.54, 1.807) is 22.9 Å². The van der Waals surface area contributed by atoms with Gasteiger partial charge in [0.25, 0.3) is 0 Å². The largest absolute Gasteiger partial charge is 0.451 e. The number of aromatic nitrogens is 2. The molecular weight excluding hydrogens is 471 g/mol. The number of nitrogens with zero attached hydrogens (tertiary/aromatic N) is 5. The number of hydrogen-bond donors (Lipinski definition) is 0. The van der Waals surface area contributed by atoms with E-state index in [4.69, 9.17) is 4.74 Å². The van der Waals surface area contributed by atoms with Crippen LogP contribution in [0.4, 0.5) is 29.6 Å². The summed E-state index contributed by atoms with van der Waals surface area (Å²) in [6.07, 6.45) is 3.83. The van der Waals surface area contributed by atoms with Gasteiger partial charge >= 0.3 is 12.3 Å². The topological polar surface area (TPSA) is 61.8 Å².